The first-order valence-electron chi connectivity index (χ1n) is 9.19. The van der Waals surface area contributed by atoms with Crippen molar-refractivity contribution < 1.29 is 31.9 Å². The first-order valence-corrected chi connectivity index (χ1v) is 9.57. The van der Waals surface area contributed by atoms with Gasteiger partial charge in [-0.3, -0.25) is 4.79 Å². The molecular weight excluding hydrogens is 426 g/mol. The third-order valence-corrected chi connectivity index (χ3v) is 5.88. The number of hydrogen-bond acceptors (Lipinski definition) is 4. The van der Waals surface area contributed by atoms with Crippen LogP contribution in [0.1, 0.15) is 50.7 Å². The van der Waals surface area contributed by atoms with Crippen molar-refractivity contribution in [3.05, 3.63) is 56.6 Å². The number of halogens is 5. The van der Waals surface area contributed by atoms with Crippen molar-refractivity contribution in [3.63, 3.8) is 0 Å². The van der Waals surface area contributed by atoms with E-state index < -0.39 is 45.4 Å². The van der Waals surface area contributed by atoms with Gasteiger partial charge in [-0.2, -0.15) is 13.2 Å². The molecule has 0 fully saturated rings. The van der Waals surface area contributed by atoms with Gasteiger partial charge in [-0.25, -0.2) is 9.18 Å². The molecule has 3 rings (SSSR count). The number of Topliss-reactive ketones (excluding diaryl/α,β-unsaturated/α-hetero) is 1. The molecule has 162 valence electrons. The van der Waals surface area contributed by atoms with Crippen LogP contribution in [0.5, 0.6) is 0 Å². The van der Waals surface area contributed by atoms with Gasteiger partial charge in [0.05, 0.1) is 29.2 Å². The Hall–Kier alpha value is -2.35. The van der Waals surface area contributed by atoms with Crippen LogP contribution in [0.25, 0.3) is 0 Å². The highest BCUT2D eigenvalue weighted by atomic mass is 35.5. The van der Waals surface area contributed by atoms with Crippen molar-refractivity contribution in [2.75, 3.05) is 7.11 Å². The van der Waals surface area contributed by atoms with Gasteiger partial charge in [0.2, 0.25) is 0 Å². The monoisotopic (exact) mass is 445 g/mol. The summed E-state index contributed by atoms with van der Waals surface area (Å²) in [4.78, 5) is 25.8. The zero-order chi connectivity index (χ0) is 22.6. The topological polar surface area (TPSA) is 55.4 Å². The average Bonchev–Trinajstić information content (AvgIpc) is 2.65. The molecule has 9 heteroatoms. The molecule has 1 atom stereocenters. The summed E-state index contributed by atoms with van der Waals surface area (Å²) >= 11 is 5.79. The van der Waals surface area contributed by atoms with Gasteiger partial charge in [-0.15, -0.1) is 0 Å². The minimum Gasteiger partial charge on any atom is -0.466 e. The first kappa shape index (κ1) is 22.3. The summed E-state index contributed by atoms with van der Waals surface area (Å²) in [6.45, 7) is 4.93. The Kier molecular flexibility index (Phi) is 5.52. The summed E-state index contributed by atoms with van der Waals surface area (Å²) in [7, 11) is 1.10. The number of methoxy groups -OCH3 is 1. The number of carbonyl (C=O) groups is 2. The number of hydrogen-bond donors (Lipinski definition) is 1. The van der Waals surface area contributed by atoms with Crippen LogP contribution in [0.3, 0.4) is 0 Å². The highest BCUT2D eigenvalue weighted by Crippen LogP contribution is 2.48. The molecule has 0 amide bonds. The predicted octanol–water partition coefficient (Wildman–Crippen LogP) is 5.27. The highest BCUT2D eigenvalue weighted by Gasteiger charge is 2.46. The largest absolute Gasteiger partial charge is 0.466 e. The Morgan fingerprint density at radius 3 is 2.50 bits per heavy atom. The Balaban J connectivity index is 2.35. The second kappa shape index (κ2) is 7.41. The summed E-state index contributed by atoms with van der Waals surface area (Å²) in [6, 6.07) is 1.09. The van der Waals surface area contributed by atoms with E-state index in [0.29, 0.717) is 30.7 Å². The van der Waals surface area contributed by atoms with E-state index in [1.807, 2.05) is 0 Å². The molecule has 0 radical (unpaired) electrons. The average molecular weight is 446 g/mol. The van der Waals surface area contributed by atoms with Crippen LogP contribution in [0.15, 0.2) is 34.7 Å². The van der Waals surface area contributed by atoms with Crippen molar-refractivity contribution in [1.29, 1.82) is 0 Å². The Labute approximate surface area is 175 Å². The summed E-state index contributed by atoms with van der Waals surface area (Å²) in [5.41, 5.74) is -1.81. The van der Waals surface area contributed by atoms with Crippen molar-refractivity contribution in [3.8, 4) is 0 Å². The summed E-state index contributed by atoms with van der Waals surface area (Å²) in [5.74, 6) is -3.74. The van der Waals surface area contributed by atoms with Gasteiger partial charge in [-0.05, 0) is 31.9 Å². The fourth-order valence-electron chi connectivity index (χ4n) is 3.95. The molecule has 0 spiro atoms. The van der Waals surface area contributed by atoms with Crippen LogP contribution >= 0.6 is 11.6 Å². The van der Waals surface area contributed by atoms with Gasteiger partial charge in [0.1, 0.15) is 5.82 Å². The number of ether oxygens (including phenoxy) is 1. The van der Waals surface area contributed by atoms with Crippen molar-refractivity contribution in [2.24, 2.45) is 5.41 Å². The summed E-state index contributed by atoms with van der Waals surface area (Å²) in [5, 5.41) is 2.24. The van der Waals surface area contributed by atoms with Crippen LogP contribution in [0.2, 0.25) is 5.02 Å². The number of dihydropyridines is 1. The van der Waals surface area contributed by atoms with Gasteiger partial charge in [0, 0.05) is 27.9 Å². The quantitative estimate of drug-likeness (QED) is 0.497. The Morgan fingerprint density at radius 1 is 1.30 bits per heavy atom. The molecule has 1 aromatic carbocycles. The summed E-state index contributed by atoms with van der Waals surface area (Å²) < 4.78 is 60.1. The summed E-state index contributed by atoms with van der Waals surface area (Å²) in [6.07, 6.45) is -3.88. The molecule has 0 aromatic heterocycles. The van der Waals surface area contributed by atoms with E-state index in [2.05, 4.69) is 5.32 Å². The third kappa shape index (κ3) is 3.62. The highest BCUT2D eigenvalue weighted by molar-refractivity contribution is 6.31. The smallest absolute Gasteiger partial charge is 0.416 e. The van der Waals surface area contributed by atoms with Gasteiger partial charge < -0.3 is 10.1 Å². The van der Waals surface area contributed by atoms with E-state index >= 15 is 4.39 Å². The maximum atomic E-state index is 15.1. The lowest BCUT2D eigenvalue weighted by atomic mass is 9.67. The van der Waals surface area contributed by atoms with Crippen molar-refractivity contribution >= 4 is 23.4 Å². The van der Waals surface area contributed by atoms with Crippen LogP contribution in [-0.4, -0.2) is 18.9 Å². The second-order valence-corrected chi connectivity index (χ2v) is 8.46. The molecular formula is C21H20ClF4NO3. The van der Waals surface area contributed by atoms with Crippen LogP contribution in [0, 0.1) is 11.2 Å². The lowest BCUT2D eigenvalue weighted by Gasteiger charge is -2.39. The molecule has 30 heavy (non-hydrogen) atoms. The molecule has 1 N–H and O–H groups in total. The molecule has 1 unspecified atom stereocenters. The van der Waals surface area contributed by atoms with Gasteiger partial charge in [-0.1, -0.05) is 25.4 Å². The molecule has 2 aliphatic rings. The number of carbonyl (C=O) groups excluding carboxylic acids is 2. The molecule has 1 aliphatic heterocycles. The molecule has 1 heterocycles. The zero-order valence-electron chi connectivity index (χ0n) is 16.8. The number of benzene rings is 1. The van der Waals surface area contributed by atoms with E-state index in [9.17, 15) is 22.8 Å². The number of allylic oxidation sites excluding steroid dienone is 3. The van der Waals surface area contributed by atoms with E-state index in [-0.39, 0.29) is 22.6 Å². The molecule has 4 nitrogen and oxygen atoms in total. The maximum absolute atomic E-state index is 15.1. The molecule has 0 saturated carbocycles. The van der Waals surface area contributed by atoms with Gasteiger partial charge >= 0.3 is 12.1 Å². The standard InChI is InChI=1S/C21H20ClF4NO3/c1-9-14(19(29)30-4)15(16-13(27-9)5-6-20(2,3)18(16)28)11-7-10(21(24,25)26)8-12(22)17(11)23/h7-8,15,27H,5-6H2,1-4H3. The molecule has 1 aliphatic carbocycles. The Morgan fingerprint density at radius 2 is 1.93 bits per heavy atom. The van der Waals surface area contributed by atoms with Crippen LogP contribution in [0.4, 0.5) is 17.6 Å². The number of nitrogens with one attached hydrogen (secondary N) is 1. The maximum Gasteiger partial charge on any atom is 0.416 e. The zero-order valence-corrected chi connectivity index (χ0v) is 17.5. The molecule has 1 aromatic rings. The SMILES string of the molecule is COC(=O)C1=C(C)NC2=C(C(=O)C(C)(C)CC2)C1c1cc(C(F)(F)F)cc(Cl)c1F. The fraction of sp³-hybridized carbons (Fsp3) is 0.429. The number of rotatable bonds is 2. The van der Waals surface area contributed by atoms with Gasteiger partial charge in [0.25, 0.3) is 0 Å². The lowest BCUT2D eigenvalue weighted by molar-refractivity contribution is -0.137. The minimum absolute atomic E-state index is 0.0616. The third-order valence-electron chi connectivity index (χ3n) is 5.60. The second-order valence-electron chi connectivity index (χ2n) is 8.05. The van der Waals surface area contributed by atoms with E-state index in [4.69, 9.17) is 16.3 Å². The van der Waals surface area contributed by atoms with Crippen molar-refractivity contribution in [2.45, 2.75) is 45.7 Å². The minimum atomic E-state index is -4.80. The predicted molar refractivity (Wildman–Crippen MR) is 102 cm³/mol. The van der Waals surface area contributed by atoms with E-state index in [1.54, 1.807) is 13.8 Å². The van der Waals surface area contributed by atoms with E-state index in [0.717, 1.165) is 7.11 Å². The number of esters is 1. The van der Waals surface area contributed by atoms with E-state index in [1.165, 1.54) is 6.92 Å². The fourth-order valence-corrected chi connectivity index (χ4v) is 4.18. The number of alkyl halides is 3. The molecule has 0 bridgehead atoms. The Bertz CT molecular complexity index is 1010. The van der Waals surface area contributed by atoms with Crippen molar-refractivity contribution in [1.82, 2.24) is 5.32 Å². The van der Waals surface area contributed by atoms with Crippen LogP contribution in [-0.2, 0) is 20.5 Å². The molecule has 0 saturated heterocycles. The van der Waals surface area contributed by atoms with Crippen LogP contribution < -0.4 is 5.32 Å². The van der Waals surface area contributed by atoms with Gasteiger partial charge in [0.15, 0.2) is 5.78 Å². The normalized spacial score (nSPS) is 21.4. The first-order chi connectivity index (χ1) is 13.8. The number of ketones is 1. The lowest BCUT2D eigenvalue weighted by Crippen LogP contribution is -2.40.